The van der Waals surface area contributed by atoms with E-state index in [9.17, 15) is 13.2 Å². The van der Waals surface area contributed by atoms with Gasteiger partial charge in [-0.25, -0.2) is 8.42 Å². The van der Waals surface area contributed by atoms with Crippen LogP contribution in [0.15, 0.2) is 4.99 Å². The highest BCUT2D eigenvalue weighted by Crippen LogP contribution is 2.19. The molecule has 0 aliphatic carbocycles. The Bertz CT molecular complexity index is 340. The summed E-state index contributed by atoms with van der Waals surface area (Å²) in [5.74, 6) is -0.973. The standard InChI is InChI=1S/C6H7NO3S2/c8-6(7-4-11)5-1-2-12(9,10)3-5/h5H,1-3H2. The summed E-state index contributed by atoms with van der Waals surface area (Å²) in [6.45, 7) is 0. The number of thiocarbonyl (C=S) groups is 1. The van der Waals surface area contributed by atoms with Crippen LogP contribution in [0.4, 0.5) is 0 Å². The van der Waals surface area contributed by atoms with Crippen molar-refractivity contribution in [3.05, 3.63) is 0 Å². The molecule has 1 amide bonds. The summed E-state index contributed by atoms with van der Waals surface area (Å²) in [4.78, 5) is 14.2. The monoisotopic (exact) mass is 205 g/mol. The van der Waals surface area contributed by atoms with Gasteiger partial charge in [0.1, 0.15) is 0 Å². The summed E-state index contributed by atoms with van der Waals surface area (Å²) in [6.07, 6.45) is 0.363. The summed E-state index contributed by atoms with van der Waals surface area (Å²) in [7, 11) is -3.00. The van der Waals surface area contributed by atoms with Crippen molar-refractivity contribution < 1.29 is 13.2 Å². The third kappa shape index (κ3) is 2.20. The minimum absolute atomic E-state index is 0.0797. The third-order valence-electron chi connectivity index (χ3n) is 1.74. The summed E-state index contributed by atoms with van der Waals surface area (Å²) in [5, 5.41) is 1.94. The topological polar surface area (TPSA) is 63.6 Å². The van der Waals surface area contributed by atoms with Gasteiger partial charge in [-0.05, 0) is 18.6 Å². The lowest BCUT2D eigenvalue weighted by Gasteiger charge is -1.97. The van der Waals surface area contributed by atoms with Crippen molar-refractivity contribution in [1.29, 1.82) is 0 Å². The van der Waals surface area contributed by atoms with E-state index < -0.39 is 21.7 Å². The van der Waals surface area contributed by atoms with Crippen LogP contribution >= 0.6 is 12.2 Å². The fourth-order valence-electron chi connectivity index (χ4n) is 1.13. The van der Waals surface area contributed by atoms with Crippen LogP contribution in [0.5, 0.6) is 0 Å². The molecule has 12 heavy (non-hydrogen) atoms. The van der Waals surface area contributed by atoms with E-state index in [2.05, 4.69) is 17.2 Å². The van der Waals surface area contributed by atoms with Gasteiger partial charge in [-0.2, -0.15) is 4.99 Å². The molecule has 1 aliphatic heterocycles. The predicted octanol–water partition coefficient (Wildman–Crippen LogP) is 0.0505. The highest BCUT2D eigenvalue weighted by molar-refractivity contribution is 7.91. The fraction of sp³-hybridized carbons (Fsp3) is 0.667. The van der Waals surface area contributed by atoms with E-state index in [1.807, 2.05) is 5.16 Å². The number of aliphatic imine (C=N–C) groups is 1. The Labute approximate surface area is 75.6 Å². The largest absolute Gasteiger partial charge is 0.272 e. The van der Waals surface area contributed by atoms with Gasteiger partial charge in [0.15, 0.2) is 9.84 Å². The van der Waals surface area contributed by atoms with E-state index in [0.717, 1.165) is 0 Å². The normalized spacial score (nSPS) is 26.2. The summed E-state index contributed by atoms with van der Waals surface area (Å²) >= 11 is 4.23. The van der Waals surface area contributed by atoms with Gasteiger partial charge in [0.2, 0.25) is 0 Å². The van der Waals surface area contributed by atoms with Crippen molar-refractivity contribution in [2.24, 2.45) is 10.9 Å². The van der Waals surface area contributed by atoms with Crippen LogP contribution in [-0.4, -0.2) is 31.0 Å². The quantitative estimate of drug-likeness (QED) is 0.448. The maximum atomic E-state index is 11.0. The lowest BCUT2D eigenvalue weighted by molar-refractivity contribution is -0.120. The first-order valence-corrected chi connectivity index (χ1v) is 5.60. The van der Waals surface area contributed by atoms with Gasteiger partial charge < -0.3 is 0 Å². The average Bonchev–Trinajstić information content (AvgIpc) is 2.31. The molecule has 66 valence electrons. The second kappa shape index (κ2) is 3.43. The molecule has 1 rings (SSSR count). The highest BCUT2D eigenvalue weighted by atomic mass is 32.2. The molecule has 0 aromatic heterocycles. The Balaban J connectivity index is 2.71. The Hall–Kier alpha value is -0.580. The molecule has 0 aromatic rings. The Morgan fingerprint density at radius 2 is 2.25 bits per heavy atom. The first-order chi connectivity index (χ1) is 5.55. The molecule has 1 aliphatic rings. The van der Waals surface area contributed by atoms with E-state index in [0.29, 0.717) is 6.42 Å². The van der Waals surface area contributed by atoms with Crippen molar-refractivity contribution in [3.63, 3.8) is 0 Å². The van der Waals surface area contributed by atoms with Crippen LogP contribution in [0, 0.1) is 5.92 Å². The number of rotatable bonds is 1. The second-order valence-corrected chi connectivity index (χ2v) is 5.05. The van der Waals surface area contributed by atoms with Crippen molar-refractivity contribution in [2.75, 3.05) is 11.5 Å². The Morgan fingerprint density at radius 1 is 1.58 bits per heavy atom. The fourth-order valence-corrected chi connectivity index (χ4v) is 2.95. The number of nitrogens with zero attached hydrogens (tertiary/aromatic N) is 1. The molecule has 1 fully saturated rings. The number of amides is 1. The van der Waals surface area contributed by atoms with Crippen LogP contribution in [0.1, 0.15) is 6.42 Å². The number of hydrogen-bond donors (Lipinski definition) is 0. The molecule has 0 aromatic carbocycles. The van der Waals surface area contributed by atoms with Gasteiger partial charge in [0, 0.05) is 0 Å². The van der Waals surface area contributed by atoms with Crippen molar-refractivity contribution in [3.8, 4) is 0 Å². The van der Waals surface area contributed by atoms with Gasteiger partial charge in [-0.15, -0.1) is 0 Å². The molecular formula is C6H7NO3S2. The molecule has 0 radical (unpaired) electrons. The van der Waals surface area contributed by atoms with E-state index >= 15 is 0 Å². The first-order valence-electron chi connectivity index (χ1n) is 3.37. The molecule has 1 unspecified atom stereocenters. The molecule has 0 bridgehead atoms. The second-order valence-electron chi connectivity index (χ2n) is 2.64. The zero-order valence-electron chi connectivity index (χ0n) is 6.19. The van der Waals surface area contributed by atoms with Gasteiger partial charge in [0.05, 0.1) is 22.6 Å². The summed E-state index contributed by atoms with van der Waals surface area (Å²) < 4.78 is 21.8. The predicted molar refractivity (Wildman–Crippen MR) is 46.8 cm³/mol. The molecule has 1 saturated heterocycles. The van der Waals surface area contributed by atoms with Crippen LogP contribution in [0.2, 0.25) is 0 Å². The number of hydrogen-bond acceptors (Lipinski definition) is 4. The Morgan fingerprint density at radius 3 is 2.67 bits per heavy atom. The zero-order chi connectivity index (χ0) is 9.19. The van der Waals surface area contributed by atoms with Gasteiger partial charge >= 0.3 is 0 Å². The van der Waals surface area contributed by atoms with E-state index in [1.54, 1.807) is 0 Å². The maximum absolute atomic E-state index is 11.0. The number of carbonyl (C=O) groups is 1. The third-order valence-corrected chi connectivity index (χ3v) is 3.60. The SMILES string of the molecule is O=C(N=C=S)C1CCS(=O)(=O)C1. The average molecular weight is 205 g/mol. The number of isothiocyanates is 1. The van der Waals surface area contributed by atoms with Crippen molar-refractivity contribution in [1.82, 2.24) is 0 Å². The molecule has 1 atom stereocenters. The maximum Gasteiger partial charge on any atom is 0.258 e. The molecular weight excluding hydrogens is 198 g/mol. The van der Waals surface area contributed by atoms with Crippen LogP contribution in [0.3, 0.4) is 0 Å². The molecule has 0 spiro atoms. The van der Waals surface area contributed by atoms with Crippen LogP contribution < -0.4 is 0 Å². The van der Waals surface area contributed by atoms with Gasteiger partial charge in [-0.1, -0.05) is 0 Å². The molecule has 0 saturated carbocycles. The summed E-state index contributed by atoms with van der Waals surface area (Å²) in [5.41, 5.74) is 0. The molecule has 6 heteroatoms. The summed E-state index contributed by atoms with van der Waals surface area (Å²) in [6, 6.07) is 0. The minimum atomic E-state index is -3.00. The van der Waals surface area contributed by atoms with Crippen LogP contribution in [0.25, 0.3) is 0 Å². The minimum Gasteiger partial charge on any atom is -0.272 e. The van der Waals surface area contributed by atoms with Crippen LogP contribution in [-0.2, 0) is 14.6 Å². The van der Waals surface area contributed by atoms with Crippen molar-refractivity contribution in [2.45, 2.75) is 6.42 Å². The van der Waals surface area contributed by atoms with E-state index in [4.69, 9.17) is 0 Å². The smallest absolute Gasteiger partial charge is 0.258 e. The van der Waals surface area contributed by atoms with E-state index in [-0.39, 0.29) is 11.5 Å². The number of sulfone groups is 1. The van der Waals surface area contributed by atoms with Gasteiger partial charge in [0.25, 0.3) is 5.91 Å². The van der Waals surface area contributed by atoms with Gasteiger partial charge in [-0.3, -0.25) is 4.79 Å². The lowest BCUT2D eigenvalue weighted by Crippen LogP contribution is -2.13. The number of carbonyl (C=O) groups excluding carboxylic acids is 1. The lowest BCUT2D eigenvalue weighted by atomic mass is 10.1. The highest BCUT2D eigenvalue weighted by Gasteiger charge is 2.32. The Kier molecular flexibility index (Phi) is 2.72. The molecule has 4 nitrogen and oxygen atoms in total. The van der Waals surface area contributed by atoms with E-state index in [1.165, 1.54) is 0 Å². The van der Waals surface area contributed by atoms with Crippen molar-refractivity contribution >= 4 is 33.1 Å². The molecule has 0 N–H and O–H groups in total. The molecule has 1 heterocycles. The first kappa shape index (κ1) is 9.51. The zero-order valence-corrected chi connectivity index (χ0v) is 7.82.